The van der Waals surface area contributed by atoms with Gasteiger partial charge in [-0.15, -0.1) is 0 Å². The molecule has 0 saturated heterocycles. The lowest BCUT2D eigenvalue weighted by atomic mass is 10.1. The average molecular weight is 427 g/mol. The highest BCUT2D eigenvalue weighted by Gasteiger charge is 2.04. The van der Waals surface area contributed by atoms with Gasteiger partial charge in [0.15, 0.2) is 5.82 Å². The topological polar surface area (TPSA) is 44.2 Å². The Bertz CT molecular complexity index is 685. The molecule has 0 fully saturated rings. The first-order valence-corrected chi connectivity index (χ1v) is 12.3. The van der Waals surface area contributed by atoms with Gasteiger partial charge in [0.05, 0.1) is 12.7 Å². The van der Waals surface area contributed by atoms with E-state index >= 15 is 0 Å². The highest BCUT2D eigenvalue weighted by Crippen LogP contribution is 2.20. The summed E-state index contributed by atoms with van der Waals surface area (Å²) in [5, 5.41) is 0. The van der Waals surface area contributed by atoms with Crippen molar-refractivity contribution in [1.29, 1.82) is 0 Å². The van der Waals surface area contributed by atoms with Crippen LogP contribution in [0.3, 0.4) is 0 Å². The monoisotopic (exact) mass is 426 g/mol. The molecule has 1 unspecified atom stereocenters. The van der Waals surface area contributed by atoms with E-state index in [1.165, 1.54) is 56.9 Å². The Morgan fingerprint density at radius 2 is 1.45 bits per heavy atom. The first kappa shape index (κ1) is 25.3. The number of aromatic nitrogens is 2. The molecule has 172 valence electrons. The second kappa shape index (κ2) is 15.8. The quantitative estimate of drug-likeness (QED) is 0.247. The molecule has 1 aromatic carbocycles. The van der Waals surface area contributed by atoms with Crippen LogP contribution in [0.1, 0.15) is 90.0 Å². The number of aryl methyl sites for hydroxylation is 1. The van der Waals surface area contributed by atoms with Crippen LogP contribution in [0.5, 0.6) is 5.75 Å². The van der Waals surface area contributed by atoms with Gasteiger partial charge >= 0.3 is 0 Å². The minimum atomic E-state index is 0.325. The zero-order valence-electron chi connectivity index (χ0n) is 19.9. The van der Waals surface area contributed by atoms with Crippen LogP contribution < -0.4 is 4.74 Å². The van der Waals surface area contributed by atoms with E-state index < -0.39 is 0 Å². The van der Waals surface area contributed by atoms with Crippen molar-refractivity contribution in [3.05, 3.63) is 42.2 Å². The van der Waals surface area contributed by atoms with Gasteiger partial charge in [-0.05, 0) is 68.9 Å². The molecule has 0 bridgehead atoms. The van der Waals surface area contributed by atoms with Crippen molar-refractivity contribution in [1.82, 2.24) is 9.97 Å². The normalized spacial score (nSPS) is 12.1. The summed E-state index contributed by atoms with van der Waals surface area (Å²) in [6, 6.07) is 8.08. The molecule has 0 aliphatic rings. The fraction of sp³-hybridized carbons (Fsp3) is 0.630. The summed E-state index contributed by atoms with van der Waals surface area (Å²) in [6.45, 7) is 5.11. The number of nitrogens with zero attached hydrogens (tertiary/aromatic N) is 2. The lowest BCUT2D eigenvalue weighted by molar-refractivity contribution is 0.107. The maximum atomic E-state index is 5.84. The van der Waals surface area contributed by atoms with Crippen molar-refractivity contribution in [2.45, 2.75) is 97.0 Å². The molecule has 31 heavy (non-hydrogen) atoms. The zero-order valence-corrected chi connectivity index (χ0v) is 19.9. The van der Waals surface area contributed by atoms with E-state index in [0.717, 1.165) is 49.4 Å². The molecule has 4 heteroatoms. The van der Waals surface area contributed by atoms with Crippen LogP contribution in [0, 0.1) is 0 Å². The smallest absolute Gasteiger partial charge is 0.159 e. The molecule has 4 nitrogen and oxygen atoms in total. The molecule has 0 spiro atoms. The van der Waals surface area contributed by atoms with Crippen LogP contribution in [-0.2, 0) is 11.2 Å². The highest BCUT2D eigenvalue weighted by molar-refractivity contribution is 5.55. The van der Waals surface area contributed by atoms with Crippen molar-refractivity contribution in [2.75, 3.05) is 13.7 Å². The molecule has 0 aliphatic heterocycles. The van der Waals surface area contributed by atoms with Gasteiger partial charge in [-0.25, -0.2) is 9.97 Å². The molecular weight excluding hydrogens is 384 g/mol. The number of benzene rings is 1. The van der Waals surface area contributed by atoms with Gasteiger partial charge in [0.25, 0.3) is 0 Å². The third kappa shape index (κ3) is 10.8. The first-order valence-electron chi connectivity index (χ1n) is 12.3. The van der Waals surface area contributed by atoms with Crippen LogP contribution in [-0.4, -0.2) is 29.8 Å². The number of methoxy groups -OCH3 is 1. The van der Waals surface area contributed by atoms with Gasteiger partial charge in [0, 0.05) is 25.1 Å². The predicted molar refractivity (Wildman–Crippen MR) is 130 cm³/mol. The third-order valence-electron chi connectivity index (χ3n) is 5.81. The Kier molecular flexibility index (Phi) is 12.9. The summed E-state index contributed by atoms with van der Waals surface area (Å²) in [4.78, 5) is 9.15. The molecule has 0 amide bonds. The van der Waals surface area contributed by atoms with E-state index in [2.05, 4.69) is 23.8 Å². The van der Waals surface area contributed by atoms with Gasteiger partial charge < -0.3 is 9.47 Å². The molecule has 1 heterocycles. The Balaban J connectivity index is 1.65. The minimum absolute atomic E-state index is 0.325. The molecule has 0 radical (unpaired) electrons. The first-order chi connectivity index (χ1) is 15.2. The van der Waals surface area contributed by atoms with Crippen molar-refractivity contribution in [3.63, 3.8) is 0 Å². The fourth-order valence-electron chi connectivity index (χ4n) is 3.64. The van der Waals surface area contributed by atoms with Crippen molar-refractivity contribution in [3.8, 4) is 17.1 Å². The van der Waals surface area contributed by atoms with E-state index in [-0.39, 0.29) is 0 Å². The van der Waals surface area contributed by atoms with Gasteiger partial charge in [-0.3, -0.25) is 0 Å². The standard InChI is InChI=1S/C27H42N2O2/c1-4-5-6-7-8-9-10-11-15-24-21-28-27(29-22-24)25-16-18-26(19-17-25)31-20-13-12-14-23(2)30-3/h16-19,21-23H,4-15,20H2,1-3H3. The van der Waals surface area contributed by atoms with E-state index in [0.29, 0.717) is 6.10 Å². The molecule has 0 aliphatic carbocycles. The average Bonchev–Trinajstić information content (AvgIpc) is 2.81. The van der Waals surface area contributed by atoms with Crippen LogP contribution in [0.4, 0.5) is 0 Å². The molecule has 2 rings (SSSR count). The van der Waals surface area contributed by atoms with Crippen molar-refractivity contribution in [2.24, 2.45) is 0 Å². The molecule has 2 aromatic rings. The number of rotatable bonds is 17. The summed E-state index contributed by atoms with van der Waals surface area (Å²) in [6.07, 6.45) is 19.4. The third-order valence-corrected chi connectivity index (χ3v) is 5.81. The maximum absolute atomic E-state index is 5.84. The second-order valence-electron chi connectivity index (χ2n) is 8.55. The Labute approximate surface area is 189 Å². The predicted octanol–water partition coefficient (Wildman–Crippen LogP) is 7.41. The van der Waals surface area contributed by atoms with Crippen LogP contribution in [0.15, 0.2) is 36.7 Å². The highest BCUT2D eigenvalue weighted by atomic mass is 16.5. The van der Waals surface area contributed by atoms with Crippen LogP contribution >= 0.6 is 0 Å². The molecule has 1 atom stereocenters. The Hall–Kier alpha value is -1.94. The van der Waals surface area contributed by atoms with Gasteiger partial charge in [-0.2, -0.15) is 0 Å². The summed E-state index contributed by atoms with van der Waals surface area (Å²) < 4.78 is 11.1. The van der Waals surface area contributed by atoms with Gasteiger partial charge in [-0.1, -0.05) is 51.9 Å². The summed E-state index contributed by atoms with van der Waals surface area (Å²) in [7, 11) is 1.76. The summed E-state index contributed by atoms with van der Waals surface area (Å²) in [5.74, 6) is 1.68. The molecule has 1 aromatic heterocycles. The maximum Gasteiger partial charge on any atom is 0.159 e. The Morgan fingerprint density at radius 3 is 2.10 bits per heavy atom. The van der Waals surface area contributed by atoms with Crippen LogP contribution in [0.25, 0.3) is 11.4 Å². The largest absolute Gasteiger partial charge is 0.494 e. The number of hydrogen-bond donors (Lipinski definition) is 0. The molecule has 0 N–H and O–H groups in total. The van der Waals surface area contributed by atoms with E-state index in [4.69, 9.17) is 9.47 Å². The molecular formula is C27H42N2O2. The lowest BCUT2D eigenvalue weighted by Crippen LogP contribution is -2.05. The van der Waals surface area contributed by atoms with Crippen molar-refractivity contribution < 1.29 is 9.47 Å². The van der Waals surface area contributed by atoms with E-state index in [1.54, 1.807) is 7.11 Å². The summed E-state index contributed by atoms with van der Waals surface area (Å²) in [5.41, 5.74) is 2.26. The minimum Gasteiger partial charge on any atom is -0.494 e. The fourth-order valence-corrected chi connectivity index (χ4v) is 3.64. The number of hydrogen-bond acceptors (Lipinski definition) is 4. The number of ether oxygens (including phenoxy) is 2. The van der Waals surface area contributed by atoms with E-state index in [9.17, 15) is 0 Å². The second-order valence-corrected chi connectivity index (χ2v) is 8.55. The van der Waals surface area contributed by atoms with Crippen molar-refractivity contribution >= 4 is 0 Å². The van der Waals surface area contributed by atoms with E-state index in [1.807, 2.05) is 36.7 Å². The van der Waals surface area contributed by atoms with Gasteiger partial charge in [0.1, 0.15) is 5.75 Å². The Morgan fingerprint density at radius 1 is 0.806 bits per heavy atom. The van der Waals surface area contributed by atoms with Gasteiger partial charge in [0.2, 0.25) is 0 Å². The van der Waals surface area contributed by atoms with Crippen LogP contribution in [0.2, 0.25) is 0 Å². The summed E-state index contributed by atoms with van der Waals surface area (Å²) >= 11 is 0. The zero-order chi connectivity index (χ0) is 22.2. The SMILES string of the molecule is CCCCCCCCCCc1cnc(-c2ccc(OCCCCC(C)OC)cc2)nc1. The number of unbranched alkanes of at least 4 members (excludes halogenated alkanes) is 8. The molecule has 0 saturated carbocycles. The lowest BCUT2D eigenvalue weighted by Gasteiger charge is -2.10.